The molecule has 25 heavy (non-hydrogen) atoms. The quantitative estimate of drug-likeness (QED) is 0.820. The van der Waals surface area contributed by atoms with E-state index >= 15 is 0 Å². The van der Waals surface area contributed by atoms with Crippen molar-refractivity contribution in [2.24, 2.45) is 22.4 Å². The molecule has 3 aliphatic carbocycles. The van der Waals surface area contributed by atoms with Crippen molar-refractivity contribution in [3.8, 4) is 5.75 Å². The number of carboxylic acids is 1. The minimum Gasteiger partial charge on any atom is -0.508 e. The molecule has 4 rings (SSSR count). The van der Waals surface area contributed by atoms with Crippen molar-refractivity contribution in [1.29, 1.82) is 0 Å². The van der Waals surface area contributed by atoms with Gasteiger partial charge < -0.3 is 15.1 Å². The molecule has 2 saturated carbocycles. The van der Waals surface area contributed by atoms with Crippen molar-refractivity contribution >= 4 is 11.7 Å². The number of rotatable bonds is 3. The molecule has 4 atom stereocenters. The molecule has 0 amide bonds. The monoisotopic (exact) mass is 343 g/mol. The number of aryl methyl sites for hydroxylation is 1. The number of hydrogen-bond donors (Lipinski definition) is 2. The van der Waals surface area contributed by atoms with Crippen LogP contribution in [-0.4, -0.2) is 28.5 Å². The molecule has 0 heterocycles. The van der Waals surface area contributed by atoms with Crippen LogP contribution in [0.2, 0.25) is 0 Å². The van der Waals surface area contributed by atoms with Gasteiger partial charge in [0, 0.05) is 5.41 Å². The minimum absolute atomic E-state index is 0.0358. The zero-order chi connectivity index (χ0) is 17.6. The normalized spacial score (nSPS) is 34.9. The Morgan fingerprint density at radius 2 is 2.16 bits per heavy atom. The maximum atomic E-state index is 10.7. The van der Waals surface area contributed by atoms with Gasteiger partial charge in [-0.2, -0.15) is 0 Å². The molecule has 0 radical (unpaired) electrons. The number of carbonyl (C=O) groups is 1. The Bertz CT molecular complexity index is 728. The summed E-state index contributed by atoms with van der Waals surface area (Å²) in [5, 5.41) is 22.7. The standard InChI is InChI=1S/C20H25NO4/c1-20-9-8-15-14-5-3-13(22)10-12(14)2-4-16(15)17(20)6-7-18(20)21-25-11-19(23)24/h3,5,10,15-17,22H,2,4,6-9,11H2,1H3,(H,23,24)/b21-18+/t15-,16-,17-,20+/m1/s1. The van der Waals surface area contributed by atoms with E-state index in [0.717, 1.165) is 44.2 Å². The first kappa shape index (κ1) is 16.4. The van der Waals surface area contributed by atoms with Gasteiger partial charge in [0.1, 0.15) is 5.75 Å². The van der Waals surface area contributed by atoms with Crippen LogP contribution in [0.25, 0.3) is 0 Å². The lowest BCUT2D eigenvalue weighted by molar-refractivity contribution is -0.142. The average Bonchev–Trinajstić information content (AvgIpc) is 2.91. The lowest BCUT2D eigenvalue weighted by atomic mass is 9.55. The third-order valence-corrected chi connectivity index (χ3v) is 6.81. The molecule has 0 aliphatic heterocycles. The second-order valence-corrected chi connectivity index (χ2v) is 8.00. The number of hydrogen-bond acceptors (Lipinski definition) is 4. The van der Waals surface area contributed by atoms with Crippen LogP contribution in [-0.2, 0) is 16.1 Å². The Hall–Kier alpha value is -2.04. The number of aromatic hydroxyl groups is 1. The lowest BCUT2D eigenvalue weighted by Gasteiger charge is -2.49. The molecular formula is C20H25NO4. The van der Waals surface area contributed by atoms with Gasteiger partial charge in [0.05, 0.1) is 5.71 Å². The zero-order valence-corrected chi connectivity index (χ0v) is 14.6. The maximum absolute atomic E-state index is 10.7. The van der Waals surface area contributed by atoms with Gasteiger partial charge in [0.15, 0.2) is 0 Å². The number of phenolic OH excluding ortho intramolecular Hbond substituents is 1. The van der Waals surface area contributed by atoms with Crippen LogP contribution < -0.4 is 0 Å². The summed E-state index contributed by atoms with van der Waals surface area (Å²) in [6, 6.07) is 5.86. The highest BCUT2D eigenvalue weighted by molar-refractivity contribution is 5.92. The highest BCUT2D eigenvalue weighted by Gasteiger charge is 2.53. The molecule has 0 bridgehead atoms. The van der Waals surface area contributed by atoms with E-state index in [0.29, 0.717) is 23.5 Å². The van der Waals surface area contributed by atoms with Crippen molar-refractivity contribution in [2.75, 3.05) is 6.61 Å². The van der Waals surface area contributed by atoms with Crippen LogP contribution in [0.3, 0.4) is 0 Å². The Kier molecular flexibility index (Phi) is 3.97. The summed E-state index contributed by atoms with van der Waals surface area (Å²) in [4.78, 5) is 15.7. The van der Waals surface area contributed by atoms with E-state index in [1.807, 2.05) is 12.1 Å². The summed E-state index contributed by atoms with van der Waals surface area (Å²) in [7, 11) is 0. The molecule has 1 aromatic carbocycles. The predicted molar refractivity (Wildman–Crippen MR) is 93.7 cm³/mol. The van der Waals surface area contributed by atoms with E-state index in [9.17, 15) is 9.90 Å². The predicted octanol–water partition coefficient (Wildman–Crippen LogP) is 3.71. The number of benzene rings is 1. The molecule has 2 fully saturated rings. The van der Waals surface area contributed by atoms with Crippen LogP contribution >= 0.6 is 0 Å². The van der Waals surface area contributed by atoms with E-state index in [2.05, 4.69) is 18.1 Å². The molecule has 5 heteroatoms. The largest absolute Gasteiger partial charge is 0.508 e. The van der Waals surface area contributed by atoms with Crippen LogP contribution in [0.4, 0.5) is 0 Å². The first-order valence-electron chi connectivity index (χ1n) is 9.22. The summed E-state index contributed by atoms with van der Waals surface area (Å²) < 4.78 is 0. The van der Waals surface area contributed by atoms with Gasteiger partial charge in [-0.3, -0.25) is 0 Å². The SMILES string of the molecule is C[C@]12CC[C@@H]3c4ccc(O)cc4CC[C@H]3[C@H]1CC/C2=N\OCC(=O)O. The van der Waals surface area contributed by atoms with Gasteiger partial charge in [-0.05, 0) is 79.5 Å². The van der Waals surface area contributed by atoms with E-state index < -0.39 is 5.97 Å². The highest BCUT2D eigenvalue weighted by atomic mass is 16.6. The number of phenols is 1. The van der Waals surface area contributed by atoms with Gasteiger partial charge >= 0.3 is 5.97 Å². The fraction of sp³-hybridized carbons (Fsp3) is 0.600. The van der Waals surface area contributed by atoms with E-state index in [4.69, 9.17) is 9.94 Å². The molecule has 0 unspecified atom stereocenters. The van der Waals surface area contributed by atoms with Gasteiger partial charge in [-0.15, -0.1) is 0 Å². The fourth-order valence-electron chi connectivity index (χ4n) is 5.67. The maximum Gasteiger partial charge on any atom is 0.344 e. The van der Waals surface area contributed by atoms with Gasteiger partial charge in [-0.25, -0.2) is 4.79 Å². The summed E-state index contributed by atoms with van der Waals surface area (Å²) in [5.41, 5.74) is 3.81. The van der Waals surface area contributed by atoms with Crippen molar-refractivity contribution in [3.63, 3.8) is 0 Å². The first-order valence-corrected chi connectivity index (χ1v) is 9.22. The third-order valence-electron chi connectivity index (χ3n) is 6.81. The zero-order valence-electron chi connectivity index (χ0n) is 14.6. The highest BCUT2D eigenvalue weighted by Crippen LogP contribution is 2.59. The summed E-state index contributed by atoms with van der Waals surface area (Å²) in [6.45, 7) is 1.92. The number of oxime groups is 1. The number of nitrogens with zero attached hydrogens (tertiary/aromatic N) is 1. The summed E-state index contributed by atoms with van der Waals surface area (Å²) >= 11 is 0. The molecule has 0 spiro atoms. The molecule has 2 N–H and O–H groups in total. The Morgan fingerprint density at radius 1 is 1.32 bits per heavy atom. The minimum atomic E-state index is -0.986. The number of carboxylic acid groups (broad SMARTS) is 1. The number of fused-ring (bicyclic) bond motifs is 5. The summed E-state index contributed by atoms with van der Waals surface area (Å²) in [6.07, 6.45) is 6.39. The van der Waals surface area contributed by atoms with Crippen molar-refractivity contribution in [3.05, 3.63) is 29.3 Å². The fourth-order valence-corrected chi connectivity index (χ4v) is 5.67. The molecule has 134 valence electrons. The van der Waals surface area contributed by atoms with Gasteiger partial charge in [0.2, 0.25) is 6.61 Å². The molecule has 1 aromatic rings. The lowest BCUT2D eigenvalue weighted by Crippen LogP contribution is -2.42. The van der Waals surface area contributed by atoms with Crippen molar-refractivity contribution < 1.29 is 19.8 Å². The van der Waals surface area contributed by atoms with E-state index in [1.54, 1.807) is 0 Å². The second kappa shape index (κ2) is 6.04. The molecule has 0 saturated heterocycles. The van der Waals surface area contributed by atoms with Gasteiger partial charge in [0.25, 0.3) is 0 Å². The summed E-state index contributed by atoms with van der Waals surface area (Å²) in [5.74, 6) is 1.17. The van der Waals surface area contributed by atoms with E-state index in [-0.39, 0.29) is 12.0 Å². The Morgan fingerprint density at radius 3 is 2.96 bits per heavy atom. The average molecular weight is 343 g/mol. The van der Waals surface area contributed by atoms with Crippen LogP contribution in [0.15, 0.2) is 23.4 Å². The Labute approximate surface area is 147 Å². The molecule has 5 nitrogen and oxygen atoms in total. The topological polar surface area (TPSA) is 79.1 Å². The van der Waals surface area contributed by atoms with Crippen molar-refractivity contribution in [2.45, 2.75) is 51.4 Å². The molecular weight excluding hydrogens is 318 g/mol. The van der Waals surface area contributed by atoms with Crippen LogP contribution in [0.1, 0.15) is 56.1 Å². The third kappa shape index (κ3) is 2.70. The molecule has 0 aromatic heterocycles. The van der Waals surface area contributed by atoms with Crippen LogP contribution in [0, 0.1) is 17.3 Å². The smallest absolute Gasteiger partial charge is 0.344 e. The Balaban J connectivity index is 1.58. The van der Waals surface area contributed by atoms with Crippen LogP contribution in [0.5, 0.6) is 5.75 Å². The number of aliphatic carboxylic acids is 1. The van der Waals surface area contributed by atoms with Gasteiger partial charge in [-0.1, -0.05) is 18.1 Å². The molecule has 3 aliphatic rings. The van der Waals surface area contributed by atoms with E-state index in [1.165, 1.54) is 11.1 Å². The second-order valence-electron chi connectivity index (χ2n) is 8.00. The first-order chi connectivity index (χ1) is 12.0. The van der Waals surface area contributed by atoms with Crippen molar-refractivity contribution in [1.82, 2.24) is 0 Å².